The monoisotopic (exact) mass is 939 g/mol. The molecule has 14 heteroatoms. The predicted octanol–water partition coefficient (Wildman–Crippen LogP) is 7.35. The van der Waals surface area contributed by atoms with Crippen LogP contribution in [0.5, 0.6) is 0 Å². The van der Waals surface area contributed by atoms with Gasteiger partial charge in [0.25, 0.3) is 0 Å². The lowest BCUT2D eigenvalue weighted by Crippen LogP contribution is -2.61. The number of esters is 1. The molecule has 0 aromatic carbocycles. The van der Waals surface area contributed by atoms with Crippen LogP contribution in [0.4, 0.5) is 0 Å². The fourth-order valence-corrected chi connectivity index (χ4v) is 7.62. The molecular formula is C52H90O14. The molecule has 11 atom stereocenters. The Kier molecular flexibility index (Phi) is 35.8. The number of aliphatic hydroxyl groups excluding tert-OH is 7. The standard InChI is InChI=1S/C52H90O14/c1-3-5-7-9-11-13-15-17-19-20-21-22-24-26-28-30-32-34-36-61-38-41(64-44(54)35-33-31-29-27-25-23-18-16-14-12-10-8-6-4-2)39-62-51-50(60)48(58)46(56)43(66-51)40-63-52-49(59)47(57)45(55)42(37-53)65-52/h5,7,11,13,16-19,21-22,41-43,45-53,55-60H,3-4,6,8-10,12,14-15,20,23-40H2,1-2H3/b7-5-,13-11-,18-16-,19-17-,22-21-. The van der Waals surface area contributed by atoms with E-state index in [0.717, 1.165) is 103 Å². The second kappa shape index (κ2) is 39.5. The summed E-state index contributed by atoms with van der Waals surface area (Å²) in [6.07, 6.45) is 29.9. The quantitative estimate of drug-likeness (QED) is 0.0183. The van der Waals surface area contributed by atoms with Crippen LogP contribution in [0.15, 0.2) is 60.8 Å². The first kappa shape index (κ1) is 59.8. The van der Waals surface area contributed by atoms with Gasteiger partial charge in [-0.3, -0.25) is 4.79 Å². The maximum Gasteiger partial charge on any atom is 0.306 e. The van der Waals surface area contributed by atoms with Gasteiger partial charge >= 0.3 is 5.97 Å². The summed E-state index contributed by atoms with van der Waals surface area (Å²) >= 11 is 0. The van der Waals surface area contributed by atoms with E-state index in [1.54, 1.807) is 0 Å². The molecule has 66 heavy (non-hydrogen) atoms. The molecule has 0 aromatic heterocycles. The fraction of sp³-hybridized carbons (Fsp3) is 0.788. The minimum Gasteiger partial charge on any atom is -0.457 e. The molecule has 0 aliphatic carbocycles. The normalized spacial score (nSPS) is 26.8. The van der Waals surface area contributed by atoms with Crippen LogP contribution in [0.3, 0.4) is 0 Å². The molecular weight excluding hydrogens is 849 g/mol. The molecule has 2 rings (SSSR count). The molecule has 11 unspecified atom stereocenters. The third-order valence-corrected chi connectivity index (χ3v) is 11.8. The number of ether oxygens (including phenoxy) is 6. The van der Waals surface area contributed by atoms with Crippen molar-refractivity contribution in [2.24, 2.45) is 0 Å². The van der Waals surface area contributed by atoms with Gasteiger partial charge in [-0.15, -0.1) is 0 Å². The minimum absolute atomic E-state index is 0.0431. The van der Waals surface area contributed by atoms with Crippen molar-refractivity contribution in [1.82, 2.24) is 0 Å². The molecule has 0 bridgehead atoms. The van der Waals surface area contributed by atoms with E-state index in [-0.39, 0.29) is 19.6 Å². The molecule has 382 valence electrons. The van der Waals surface area contributed by atoms with Gasteiger partial charge in [-0.25, -0.2) is 0 Å². The van der Waals surface area contributed by atoms with E-state index in [1.165, 1.54) is 32.1 Å². The van der Waals surface area contributed by atoms with E-state index < -0.39 is 86.7 Å². The van der Waals surface area contributed by atoms with Crippen LogP contribution in [0.1, 0.15) is 162 Å². The van der Waals surface area contributed by atoms with Gasteiger partial charge in [0.05, 0.1) is 26.4 Å². The topological polar surface area (TPSA) is 214 Å². The van der Waals surface area contributed by atoms with Gasteiger partial charge in [-0.05, 0) is 77.0 Å². The molecule has 2 aliphatic rings. The van der Waals surface area contributed by atoms with Crippen LogP contribution < -0.4 is 0 Å². The number of hydrogen-bond donors (Lipinski definition) is 7. The Balaban J connectivity index is 1.79. The number of unbranched alkanes of at least 4 members (excludes halogenated alkanes) is 15. The van der Waals surface area contributed by atoms with Gasteiger partial charge in [-0.1, -0.05) is 139 Å². The molecule has 0 amide bonds. The van der Waals surface area contributed by atoms with Crippen molar-refractivity contribution >= 4 is 5.97 Å². The highest BCUT2D eigenvalue weighted by atomic mass is 16.7. The number of allylic oxidation sites excluding steroid dienone is 10. The molecule has 0 saturated carbocycles. The zero-order valence-corrected chi connectivity index (χ0v) is 40.4. The van der Waals surface area contributed by atoms with Gasteiger partial charge in [-0.2, -0.15) is 0 Å². The molecule has 14 nitrogen and oxygen atoms in total. The molecule has 2 fully saturated rings. The summed E-state index contributed by atoms with van der Waals surface area (Å²) in [5, 5.41) is 72.1. The highest BCUT2D eigenvalue weighted by Crippen LogP contribution is 2.26. The highest BCUT2D eigenvalue weighted by Gasteiger charge is 2.47. The summed E-state index contributed by atoms with van der Waals surface area (Å²) in [6.45, 7) is 3.49. The van der Waals surface area contributed by atoms with Crippen LogP contribution in [-0.2, 0) is 33.2 Å². The summed E-state index contributed by atoms with van der Waals surface area (Å²) in [6, 6.07) is 0. The first-order chi connectivity index (χ1) is 32.1. The third-order valence-electron chi connectivity index (χ3n) is 11.8. The average Bonchev–Trinajstić information content (AvgIpc) is 3.31. The van der Waals surface area contributed by atoms with E-state index in [0.29, 0.717) is 13.0 Å². The molecule has 2 heterocycles. The first-order valence-electron chi connectivity index (χ1n) is 25.4. The Labute approximate surface area is 396 Å². The Bertz CT molecular complexity index is 1320. The van der Waals surface area contributed by atoms with Crippen molar-refractivity contribution in [2.45, 2.75) is 229 Å². The Morgan fingerprint density at radius 3 is 1.56 bits per heavy atom. The van der Waals surface area contributed by atoms with Gasteiger partial charge < -0.3 is 64.2 Å². The highest BCUT2D eigenvalue weighted by molar-refractivity contribution is 5.69. The van der Waals surface area contributed by atoms with Crippen LogP contribution >= 0.6 is 0 Å². The maximum absolute atomic E-state index is 13.0. The molecule has 0 radical (unpaired) electrons. The summed E-state index contributed by atoms with van der Waals surface area (Å²) in [5.74, 6) is -0.395. The number of hydrogen-bond acceptors (Lipinski definition) is 14. The second-order valence-corrected chi connectivity index (χ2v) is 17.6. The van der Waals surface area contributed by atoms with Gasteiger partial charge in [0.1, 0.15) is 54.9 Å². The lowest BCUT2D eigenvalue weighted by molar-refractivity contribution is -0.332. The van der Waals surface area contributed by atoms with Crippen molar-refractivity contribution in [3.8, 4) is 0 Å². The van der Waals surface area contributed by atoms with E-state index in [2.05, 4.69) is 74.6 Å². The van der Waals surface area contributed by atoms with Crippen LogP contribution in [0.2, 0.25) is 0 Å². The Hall–Kier alpha value is -2.31. The molecule has 7 N–H and O–H groups in total. The smallest absolute Gasteiger partial charge is 0.306 e. The molecule has 0 aromatic rings. The summed E-state index contributed by atoms with van der Waals surface area (Å²) < 4.78 is 34.2. The van der Waals surface area contributed by atoms with E-state index in [1.807, 2.05) is 0 Å². The molecule has 2 saturated heterocycles. The number of carbonyl (C=O) groups is 1. The number of rotatable bonds is 39. The Morgan fingerprint density at radius 1 is 0.515 bits per heavy atom. The van der Waals surface area contributed by atoms with Crippen molar-refractivity contribution in [3.05, 3.63) is 60.8 Å². The van der Waals surface area contributed by atoms with Crippen molar-refractivity contribution in [3.63, 3.8) is 0 Å². The zero-order valence-electron chi connectivity index (χ0n) is 40.4. The molecule has 2 aliphatic heterocycles. The van der Waals surface area contributed by atoms with E-state index in [9.17, 15) is 40.5 Å². The van der Waals surface area contributed by atoms with Gasteiger partial charge in [0.15, 0.2) is 12.6 Å². The van der Waals surface area contributed by atoms with Crippen molar-refractivity contribution in [2.75, 3.05) is 33.0 Å². The average molecular weight is 939 g/mol. The van der Waals surface area contributed by atoms with Crippen LogP contribution in [0.25, 0.3) is 0 Å². The third kappa shape index (κ3) is 27.0. The first-order valence-corrected chi connectivity index (χ1v) is 25.4. The SMILES string of the molecule is CC/C=C\C/C=C\C/C=C\C/C=C\CCCCCCCOCC(COC1OC(COC2OC(CO)C(O)C(O)C2O)C(O)C(O)C1O)OC(=O)CCCCCCC/C=C\CCCCCCC. The van der Waals surface area contributed by atoms with Gasteiger partial charge in [0.2, 0.25) is 0 Å². The lowest BCUT2D eigenvalue weighted by atomic mass is 9.98. The molecule has 0 spiro atoms. The largest absolute Gasteiger partial charge is 0.457 e. The summed E-state index contributed by atoms with van der Waals surface area (Å²) in [5.41, 5.74) is 0. The Morgan fingerprint density at radius 2 is 0.985 bits per heavy atom. The van der Waals surface area contributed by atoms with Crippen molar-refractivity contribution < 1.29 is 69.0 Å². The van der Waals surface area contributed by atoms with Crippen molar-refractivity contribution in [1.29, 1.82) is 0 Å². The fourth-order valence-electron chi connectivity index (χ4n) is 7.62. The van der Waals surface area contributed by atoms with Crippen LogP contribution in [0, 0.1) is 0 Å². The summed E-state index contributed by atoms with van der Waals surface area (Å²) in [4.78, 5) is 13.0. The minimum atomic E-state index is -1.71. The number of aliphatic hydroxyl groups is 7. The maximum atomic E-state index is 13.0. The lowest BCUT2D eigenvalue weighted by Gasteiger charge is -2.42. The van der Waals surface area contributed by atoms with Gasteiger partial charge in [0, 0.05) is 13.0 Å². The van der Waals surface area contributed by atoms with E-state index >= 15 is 0 Å². The van der Waals surface area contributed by atoms with E-state index in [4.69, 9.17) is 28.4 Å². The summed E-state index contributed by atoms with van der Waals surface area (Å²) in [7, 11) is 0. The number of carbonyl (C=O) groups excluding carboxylic acids is 1. The predicted molar refractivity (Wildman–Crippen MR) is 256 cm³/mol. The second-order valence-electron chi connectivity index (χ2n) is 17.6. The van der Waals surface area contributed by atoms with Crippen LogP contribution in [-0.4, -0.2) is 142 Å². The zero-order chi connectivity index (χ0) is 48.0.